The lowest BCUT2D eigenvalue weighted by atomic mass is 9.83. The zero-order valence-corrected chi connectivity index (χ0v) is 15.1. The average molecular weight is 333 g/mol. The number of hydrogen-bond acceptors (Lipinski definition) is 5. The number of piperazine rings is 1. The van der Waals surface area contributed by atoms with Gasteiger partial charge in [-0.1, -0.05) is 18.2 Å². The highest BCUT2D eigenvalue weighted by molar-refractivity contribution is 5.33. The van der Waals surface area contributed by atoms with Gasteiger partial charge >= 0.3 is 0 Å². The van der Waals surface area contributed by atoms with Crippen LogP contribution in [0.4, 0.5) is 0 Å². The van der Waals surface area contributed by atoms with Crippen LogP contribution in [0.15, 0.2) is 24.3 Å². The highest BCUT2D eigenvalue weighted by Gasteiger charge is 2.41. The van der Waals surface area contributed by atoms with E-state index in [0.29, 0.717) is 12.1 Å². The van der Waals surface area contributed by atoms with Crippen molar-refractivity contribution < 1.29 is 9.84 Å². The van der Waals surface area contributed by atoms with Crippen molar-refractivity contribution in [1.82, 2.24) is 14.7 Å². The predicted molar refractivity (Wildman–Crippen MR) is 96.4 cm³/mol. The van der Waals surface area contributed by atoms with Gasteiger partial charge < -0.3 is 14.7 Å². The van der Waals surface area contributed by atoms with E-state index in [1.54, 1.807) is 0 Å². The van der Waals surface area contributed by atoms with Gasteiger partial charge in [-0.3, -0.25) is 9.80 Å². The number of ether oxygens (including phenoxy) is 1. The molecule has 0 saturated carbocycles. The van der Waals surface area contributed by atoms with E-state index in [2.05, 4.69) is 40.9 Å². The molecule has 0 aliphatic carbocycles. The zero-order valence-electron chi connectivity index (χ0n) is 15.1. The average Bonchev–Trinajstić information content (AvgIpc) is 2.60. The molecule has 0 amide bonds. The Hall–Kier alpha value is -1.14. The maximum atomic E-state index is 8.98. The first-order valence-electron chi connectivity index (χ1n) is 9.07. The van der Waals surface area contributed by atoms with Crippen LogP contribution in [0, 0.1) is 0 Å². The lowest BCUT2D eigenvalue weighted by molar-refractivity contribution is -0.0206. The number of piperidine rings is 1. The number of likely N-dealkylation sites (N-methyl/N-ethyl adjacent to an activating group) is 2. The van der Waals surface area contributed by atoms with Gasteiger partial charge in [0.15, 0.2) is 0 Å². The standard InChI is InChI=1S/C19H31N3O2/c1-20-11-12-21(2)19(16-20)7-9-22(10-8-19)15-17-5-3-4-6-18(17)24-14-13-23/h3-6,23H,7-16H2,1-2H3. The Kier molecular flexibility index (Phi) is 5.76. The van der Waals surface area contributed by atoms with Crippen LogP contribution in [0.1, 0.15) is 18.4 Å². The largest absolute Gasteiger partial charge is 0.491 e. The van der Waals surface area contributed by atoms with Gasteiger partial charge in [-0.05, 0) is 33.0 Å². The van der Waals surface area contributed by atoms with Crippen LogP contribution in [0.25, 0.3) is 0 Å². The van der Waals surface area contributed by atoms with E-state index >= 15 is 0 Å². The van der Waals surface area contributed by atoms with Gasteiger partial charge in [-0.25, -0.2) is 0 Å². The van der Waals surface area contributed by atoms with Crippen LogP contribution in [0.2, 0.25) is 0 Å². The Morgan fingerprint density at radius 2 is 1.83 bits per heavy atom. The molecule has 0 radical (unpaired) electrons. The van der Waals surface area contributed by atoms with E-state index in [0.717, 1.165) is 25.4 Å². The zero-order chi connectivity index (χ0) is 17.0. The molecule has 24 heavy (non-hydrogen) atoms. The fourth-order valence-corrected chi connectivity index (χ4v) is 4.10. The van der Waals surface area contributed by atoms with Crippen molar-refractivity contribution in [3.05, 3.63) is 29.8 Å². The maximum Gasteiger partial charge on any atom is 0.123 e. The minimum Gasteiger partial charge on any atom is -0.491 e. The van der Waals surface area contributed by atoms with Crippen molar-refractivity contribution in [2.45, 2.75) is 24.9 Å². The van der Waals surface area contributed by atoms with Crippen molar-refractivity contribution >= 4 is 0 Å². The second-order valence-corrected chi connectivity index (χ2v) is 7.34. The summed E-state index contributed by atoms with van der Waals surface area (Å²) >= 11 is 0. The summed E-state index contributed by atoms with van der Waals surface area (Å²) in [5, 5.41) is 8.98. The highest BCUT2D eigenvalue weighted by atomic mass is 16.5. The smallest absolute Gasteiger partial charge is 0.123 e. The maximum absolute atomic E-state index is 8.98. The quantitative estimate of drug-likeness (QED) is 0.879. The molecule has 0 atom stereocenters. The molecule has 3 rings (SSSR count). The monoisotopic (exact) mass is 333 g/mol. The number of likely N-dealkylation sites (tertiary alicyclic amines) is 1. The number of benzene rings is 1. The van der Waals surface area contributed by atoms with Crippen LogP contribution >= 0.6 is 0 Å². The van der Waals surface area contributed by atoms with Crippen molar-refractivity contribution in [2.75, 3.05) is 60.0 Å². The topological polar surface area (TPSA) is 39.2 Å². The summed E-state index contributed by atoms with van der Waals surface area (Å²) in [4.78, 5) is 7.60. The predicted octanol–water partition coefficient (Wildman–Crippen LogP) is 1.27. The van der Waals surface area contributed by atoms with Gasteiger partial charge in [0.1, 0.15) is 12.4 Å². The number of hydrogen-bond donors (Lipinski definition) is 1. The van der Waals surface area contributed by atoms with E-state index in [-0.39, 0.29) is 6.61 Å². The van der Waals surface area contributed by atoms with Gasteiger partial charge in [0.05, 0.1) is 6.61 Å². The Morgan fingerprint density at radius 3 is 2.58 bits per heavy atom. The Labute approximate surface area is 145 Å². The fourth-order valence-electron chi connectivity index (χ4n) is 4.10. The number of nitrogens with zero attached hydrogens (tertiary/aromatic N) is 3. The molecule has 1 N–H and O–H groups in total. The summed E-state index contributed by atoms with van der Waals surface area (Å²) in [6.45, 7) is 7.15. The molecule has 0 unspecified atom stereocenters. The van der Waals surface area contributed by atoms with Crippen LogP contribution in [-0.4, -0.2) is 85.4 Å². The molecule has 5 nitrogen and oxygen atoms in total. The lowest BCUT2D eigenvalue weighted by Gasteiger charge is -2.52. The molecule has 2 aliphatic heterocycles. The van der Waals surface area contributed by atoms with E-state index in [1.165, 1.54) is 38.0 Å². The van der Waals surface area contributed by atoms with Gasteiger partial charge in [0, 0.05) is 50.4 Å². The first-order chi connectivity index (χ1) is 11.6. The molecule has 5 heteroatoms. The molecule has 1 aromatic rings. The third-order valence-corrected chi connectivity index (χ3v) is 5.69. The first-order valence-corrected chi connectivity index (χ1v) is 9.07. The molecule has 0 aromatic heterocycles. The van der Waals surface area contributed by atoms with Crippen molar-refractivity contribution in [3.63, 3.8) is 0 Å². The molecule has 2 fully saturated rings. The third kappa shape index (κ3) is 3.91. The van der Waals surface area contributed by atoms with E-state index in [9.17, 15) is 0 Å². The molecule has 0 bridgehead atoms. The molecule has 2 saturated heterocycles. The minimum absolute atomic E-state index is 0.0560. The molecule has 2 aliphatic rings. The summed E-state index contributed by atoms with van der Waals surface area (Å²) < 4.78 is 5.68. The normalized spacial score (nSPS) is 22.8. The lowest BCUT2D eigenvalue weighted by Crippen LogP contribution is -2.63. The SMILES string of the molecule is CN1CCN(C)C2(CCN(Cc3ccccc3OCCO)CC2)C1. The van der Waals surface area contributed by atoms with Crippen molar-refractivity contribution in [2.24, 2.45) is 0 Å². The summed E-state index contributed by atoms with van der Waals surface area (Å²) in [7, 11) is 4.54. The second kappa shape index (κ2) is 7.83. The van der Waals surface area contributed by atoms with E-state index in [4.69, 9.17) is 9.84 Å². The van der Waals surface area contributed by atoms with Gasteiger partial charge in [0.2, 0.25) is 0 Å². The van der Waals surface area contributed by atoms with E-state index in [1.807, 2.05) is 12.1 Å². The van der Waals surface area contributed by atoms with Crippen molar-refractivity contribution in [3.8, 4) is 5.75 Å². The van der Waals surface area contributed by atoms with Crippen LogP contribution in [0.5, 0.6) is 5.75 Å². The van der Waals surface area contributed by atoms with Crippen LogP contribution < -0.4 is 4.74 Å². The molecule has 1 spiro atoms. The number of aliphatic hydroxyl groups is 1. The highest BCUT2D eigenvalue weighted by Crippen LogP contribution is 2.32. The van der Waals surface area contributed by atoms with Gasteiger partial charge in [-0.15, -0.1) is 0 Å². The van der Waals surface area contributed by atoms with E-state index < -0.39 is 0 Å². The second-order valence-electron chi connectivity index (χ2n) is 7.34. The van der Waals surface area contributed by atoms with Gasteiger partial charge in [-0.2, -0.15) is 0 Å². The van der Waals surface area contributed by atoms with Crippen LogP contribution in [-0.2, 0) is 6.54 Å². The number of aliphatic hydroxyl groups excluding tert-OH is 1. The Bertz CT molecular complexity index is 529. The number of para-hydroxylation sites is 1. The Morgan fingerprint density at radius 1 is 1.08 bits per heavy atom. The van der Waals surface area contributed by atoms with Crippen LogP contribution in [0.3, 0.4) is 0 Å². The molecule has 1 aromatic carbocycles. The summed E-state index contributed by atoms with van der Waals surface area (Å²) in [6, 6.07) is 8.20. The summed E-state index contributed by atoms with van der Waals surface area (Å²) in [5.41, 5.74) is 1.58. The molecule has 134 valence electrons. The van der Waals surface area contributed by atoms with Crippen molar-refractivity contribution in [1.29, 1.82) is 0 Å². The number of rotatable bonds is 5. The molecular weight excluding hydrogens is 302 g/mol. The Balaban J connectivity index is 1.60. The van der Waals surface area contributed by atoms with Gasteiger partial charge in [0.25, 0.3) is 0 Å². The molecule has 2 heterocycles. The minimum atomic E-state index is 0.0560. The summed E-state index contributed by atoms with van der Waals surface area (Å²) in [6.07, 6.45) is 2.46. The first kappa shape index (κ1) is 17.7. The fraction of sp³-hybridized carbons (Fsp3) is 0.684. The summed E-state index contributed by atoms with van der Waals surface area (Å²) in [5.74, 6) is 0.904. The molecular formula is C19H31N3O2. The third-order valence-electron chi connectivity index (χ3n) is 5.69.